The predicted octanol–water partition coefficient (Wildman–Crippen LogP) is 4.82. The highest BCUT2D eigenvalue weighted by Crippen LogP contribution is 2.50. The van der Waals surface area contributed by atoms with E-state index in [0.29, 0.717) is 17.2 Å². The summed E-state index contributed by atoms with van der Waals surface area (Å²) < 4.78 is 0. The molecule has 2 aromatic rings. The molecule has 24 heavy (non-hydrogen) atoms. The molecule has 1 aromatic carbocycles. The maximum atomic E-state index is 6.08. The van der Waals surface area contributed by atoms with Gasteiger partial charge < -0.3 is 5.32 Å². The Hall–Kier alpha value is -1.38. The lowest BCUT2D eigenvalue weighted by atomic mass is 9.60. The van der Waals surface area contributed by atoms with Crippen molar-refractivity contribution in [3.05, 3.63) is 63.9 Å². The van der Waals surface area contributed by atoms with Gasteiger partial charge in [-0.1, -0.05) is 41.9 Å². The second kappa shape index (κ2) is 5.86. The molecule has 3 aliphatic rings. The number of fused-ring (bicyclic) bond motifs is 4. The normalized spacial score (nSPS) is 30.7. The van der Waals surface area contributed by atoms with E-state index in [9.17, 15) is 0 Å². The van der Waals surface area contributed by atoms with Crippen LogP contribution in [0.15, 0.2) is 36.4 Å². The van der Waals surface area contributed by atoms with Crippen LogP contribution in [0.4, 0.5) is 0 Å². The molecular formula is C21H23ClN2. The number of benzene rings is 1. The van der Waals surface area contributed by atoms with Crippen molar-refractivity contribution in [3.8, 4) is 0 Å². The molecule has 3 heteroatoms. The van der Waals surface area contributed by atoms with Crippen LogP contribution in [0, 0.1) is 5.92 Å². The summed E-state index contributed by atoms with van der Waals surface area (Å²) in [5.74, 6) is 1.59. The summed E-state index contributed by atoms with van der Waals surface area (Å²) in [6.45, 7) is 0. The zero-order valence-electron chi connectivity index (χ0n) is 13.8. The van der Waals surface area contributed by atoms with Crippen molar-refractivity contribution in [1.29, 1.82) is 0 Å². The SMILES string of the molecule is Clc1ccc2c(n1)CCCC2NC1CC2c3ccccc3CCC12. The van der Waals surface area contributed by atoms with Crippen molar-refractivity contribution in [2.75, 3.05) is 0 Å². The molecule has 0 saturated heterocycles. The molecule has 1 saturated carbocycles. The molecule has 0 aliphatic heterocycles. The van der Waals surface area contributed by atoms with Crippen molar-refractivity contribution in [3.63, 3.8) is 0 Å². The number of aromatic nitrogens is 1. The highest BCUT2D eigenvalue weighted by molar-refractivity contribution is 6.29. The van der Waals surface area contributed by atoms with Crippen LogP contribution in [0.5, 0.6) is 0 Å². The molecule has 5 rings (SSSR count). The molecule has 0 amide bonds. The Kier molecular flexibility index (Phi) is 3.64. The van der Waals surface area contributed by atoms with Crippen molar-refractivity contribution in [1.82, 2.24) is 10.3 Å². The molecule has 0 bridgehead atoms. The van der Waals surface area contributed by atoms with Gasteiger partial charge in [0.05, 0.1) is 0 Å². The number of nitrogens with zero attached hydrogens (tertiary/aromatic N) is 1. The Bertz CT molecular complexity index is 772. The molecule has 1 aromatic heterocycles. The number of hydrogen-bond acceptors (Lipinski definition) is 2. The van der Waals surface area contributed by atoms with Crippen LogP contribution < -0.4 is 5.32 Å². The minimum absolute atomic E-state index is 0.460. The van der Waals surface area contributed by atoms with Crippen LogP contribution in [0.1, 0.15) is 60.0 Å². The van der Waals surface area contributed by atoms with Crippen LogP contribution in [0.3, 0.4) is 0 Å². The molecular weight excluding hydrogens is 316 g/mol. The van der Waals surface area contributed by atoms with E-state index in [1.54, 1.807) is 11.1 Å². The molecule has 1 fully saturated rings. The molecule has 2 nitrogen and oxygen atoms in total. The predicted molar refractivity (Wildman–Crippen MR) is 97.5 cm³/mol. The summed E-state index contributed by atoms with van der Waals surface area (Å²) >= 11 is 6.08. The number of aryl methyl sites for hydroxylation is 2. The molecule has 1 N–H and O–H groups in total. The van der Waals surface area contributed by atoms with Crippen LogP contribution in [0.2, 0.25) is 5.15 Å². The second-order valence-corrected chi connectivity index (χ2v) is 8.02. The van der Waals surface area contributed by atoms with Crippen molar-refractivity contribution in [2.24, 2.45) is 5.92 Å². The fraction of sp³-hybridized carbons (Fsp3) is 0.476. The maximum Gasteiger partial charge on any atom is 0.129 e. The smallest absolute Gasteiger partial charge is 0.129 e. The van der Waals surface area contributed by atoms with Crippen LogP contribution >= 0.6 is 11.6 Å². The first-order valence-electron chi connectivity index (χ1n) is 9.29. The van der Waals surface area contributed by atoms with E-state index < -0.39 is 0 Å². The van der Waals surface area contributed by atoms with Gasteiger partial charge in [0.25, 0.3) is 0 Å². The van der Waals surface area contributed by atoms with Gasteiger partial charge in [0.15, 0.2) is 0 Å². The monoisotopic (exact) mass is 338 g/mol. The minimum atomic E-state index is 0.460. The molecule has 0 radical (unpaired) electrons. The van der Waals surface area contributed by atoms with Gasteiger partial charge in [-0.2, -0.15) is 0 Å². The Morgan fingerprint density at radius 2 is 1.92 bits per heavy atom. The Labute approximate surface area is 148 Å². The summed E-state index contributed by atoms with van der Waals surface area (Å²) in [5.41, 5.74) is 5.78. The van der Waals surface area contributed by atoms with Gasteiger partial charge in [0, 0.05) is 17.8 Å². The third-order valence-corrected chi connectivity index (χ3v) is 6.63. The lowest BCUT2D eigenvalue weighted by Gasteiger charge is -2.50. The highest BCUT2D eigenvalue weighted by Gasteiger charge is 2.45. The first kappa shape index (κ1) is 14.9. The maximum absolute atomic E-state index is 6.08. The molecule has 4 unspecified atom stereocenters. The van der Waals surface area contributed by atoms with E-state index in [1.165, 1.54) is 43.4 Å². The quantitative estimate of drug-likeness (QED) is 0.794. The minimum Gasteiger partial charge on any atom is -0.307 e. The fourth-order valence-corrected chi connectivity index (χ4v) is 5.33. The van der Waals surface area contributed by atoms with Gasteiger partial charge in [-0.25, -0.2) is 4.98 Å². The van der Waals surface area contributed by atoms with Gasteiger partial charge in [0.2, 0.25) is 0 Å². The largest absolute Gasteiger partial charge is 0.307 e. The summed E-state index contributed by atoms with van der Waals surface area (Å²) in [7, 11) is 0. The van der Waals surface area contributed by atoms with Crippen LogP contribution in [-0.4, -0.2) is 11.0 Å². The van der Waals surface area contributed by atoms with E-state index in [1.807, 2.05) is 6.07 Å². The number of halogens is 1. The van der Waals surface area contributed by atoms with Gasteiger partial charge >= 0.3 is 0 Å². The zero-order valence-corrected chi connectivity index (χ0v) is 14.6. The topological polar surface area (TPSA) is 24.9 Å². The van der Waals surface area contributed by atoms with Gasteiger partial charge in [-0.3, -0.25) is 0 Å². The molecule has 0 spiro atoms. The summed E-state index contributed by atoms with van der Waals surface area (Å²) in [5, 5.41) is 4.60. The average Bonchev–Trinajstić information content (AvgIpc) is 2.59. The molecule has 1 heterocycles. The van der Waals surface area contributed by atoms with Crippen molar-refractivity contribution >= 4 is 11.6 Å². The Morgan fingerprint density at radius 1 is 1.00 bits per heavy atom. The van der Waals surface area contributed by atoms with E-state index in [2.05, 4.69) is 40.6 Å². The highest BCUT2D eigenvalue weighted by atomic mass is 35.5. The van der Waals surface area contributed by atoms with Crippen LogP contribution in [-0.2, 0) is 12.8 Å². The second-order valence-electron chi connectivity index (χ2n) is 7.63. The molecule has 4 atom stereocenters. The number of pyridine rings is 1. The lowest BCUT2D eigenvalue weighted by Crippen LogP contribution is -2.52. The van der Waals surface area contributed by atoms with Gasteiger partial charge in [-0.05, 0) is 73.1 Å². The first-order chi connectivity index (χ1) is 11.8. The van der Waals surface area contributed by atoms with E-state index in [0.717, 1.165) is 18.3 Å². The van der Waals surface area contributed by atoms with Crippen LogP contribution in [0.25, 0.3) is 0 Å². The van der Waals surface area contributed by atoms with Crippen molar-refractivity contribution in [2.45, 2.75) is 56.5 Å². The third kappa shape index (κ3) is 2.39. The third-order valence-electron chi connectivity index (χ3n) is 6.42. The summed E-state index contributed by atoms with van der Waals surface area (Å²) in [6.07, 6.45) is 7.36. The Morgan fingerprint density at radius 3 is 2.88 bits per heavy atom. The zero-order chi connectivity index (χ0) is 16.1. The standard InChI is InChI=1S/C21H23ClN2/c22-21-11-10-16-18(6-3-7-19(16)24-21)23-20-12-17-14-5-2-1-4-13(14)8-9-15(17)20/h1-2,4-5,10-11,15,17-18,20,23H,3,6-9,12H2. The lowest BCUT2D eigenvalue weighted by molar-refractivity contribution is 0.128. The molecule has 124 valence electrons. The first-order valence-corrected chi connectivity index (χ1v) is 9.66. The number of hydrogen-bond donors (Lipinski definition) is 1. The average molecular weight is 339 g/mol. The van der Waals surface area contributed by atoms with E-state index >= 15 is 0 Å². The van der Waals surface area contributed by atoms with E-state index in [4.69, 9.17) is 11.6 Å². The fourth-order valence-electron chi connectivity index (χ4n) is 5.17. The summed E-state index contributed by atoms with van der Waals surface area (Å²) in [4.78, 5) is 4.55. The summed E-state index contributed by atoms with van der Waals surface area (Å²) in [6, 6.07) is 14.3. The number of nitrogens with one attached hydrogen (secondary N) is 1. The van der Waals surface area contributed by atoms with E-state index in [-0.39, 0.29) is 0 Å². The van der Waals surface area contributed by atoms with Crippen molar-refractivity contribution < 1.29 is 0 Å². The molecule has 3 aliphatic carbocycles. The number of rotatable bonds is 2. The van der Waals surface area contributed by atoms with Gasteiger partial charge in [0.1, 0.15) is 5.15 Å². The van der Waals surface area contributed by atoms with Gasteiger partial charge in [-0.15, -0.1) is 0 Å². The Balaban J connectivity index is 1.33.